The Morgan fingerprint density at radius 1 is 0.955 bits per heavy atom. The number of aromatic nitrogens is 2. The molecular formula is C32H24Cl2F3N3O4. The molecule has 0 saturated carbocycles. The molecule has 12 heteroatoms. The second kappa shape index (κ2) is 11.9. The van der Waals surface area contributed by atoms with Crippen molar-refractivity contribution in [3.05, 3.63) is 122 Å². The molecule has 226 valence electrons. The highest BCUT2D eigenvalue weighted by Crippen LogP contribution is 2.36. The van der Waals surface area contributed by atoms with Crippen molar-refractivity contribution in [3.63, 3.8) is 0 Å². The summed E-state index contributed by atoms with van der Waals surface area (Å²) in [5.41, 5.74) is -0.721. The minimum atomic E-state index is -4.76. The maximum Gasteiger partial charge on any atom is 0.417 e. The van der Waals surface area contributed by atoms with Gasteiger partial charge in [-0.1, -0.05) is 71.7 Å². The first-order valence-electron chi connectivity index (χ1n) is 13.2. The number of nitrogens with zero attached hydrogens (tertiary/aromatic N) is 2. The Bertz CT molecular complexity index is 1960. The molecule has 44 heavy (non-hydrogen) atoms. The number of carbonyl (C=O) groups is 2. The summed E-state index contributed by atoms with van der Waals surface area (Å²) in [6.07, 6.45) is -4.95. The molecule has 7 nitrogen and oxygen atoms in total. The highest BCUT2D eigenvalue weighted by Gasteiger charge is 2.36. The fourth-order valence-electron chi connectivity index (χ4n) is 5.06. The summed E-state index contributed by atoms with van der Waals surface area (Å²) in [5.74, 6) is -2.04. The lowest BCUT2D eigenvalue weighted by molar-refractivity contribution is -0.139. The van der Waals surface area contributed by atoms with Crippen LogP contribution in [-0.4, -0.2) is 32.2 Å². The van der Waals surface area contributed by atoms with Crippen molar-refractivity contribution in [1.29, 1.82) is 0 Å². The topological polar surface area (TPSA) is 93.3 Å². The van der Waals surface area contributed by atoms with E-state index in [0.29, 0.717) is 22.2 Å². The van der Waals surface area contributed by atoms with E-state index in [9.17, 15) is 32.7 Å². The highest BCUT2D eigenvalue weighted by molar-refractivity contribution is 6.38. The first-order chi connectivity index (χ1) is 20.8. The van der Waals surface area contributed by atoms with Crippen molar-refractivity contribution in [1.82, 2.24) is 14.5 Å². The fourth-order valence-corrected chi connectivity index (χ4v) is 5.63. The number of para-hydroxylation sites is 2. The van der Waals surface area contributed by atoms with Crippen LogP contribution >= 0.6 is 23.2 Å². The number of carboxylic acids is 1. The largest absolute Gasteiger partial charge is 0.480 e. The smallest absolute Gasteiger partial charge is 0.417 e. The number of benzene rings is 3. The number of pyridine rings is 1. The quantitative estimate of drug-likeness (QED) is 0.199. The highest BCUT2D eigenvalue weighted by atomic mass is 35.5. The molecule has 0 fully saturated rings. The predicted octanol–water partition coefficient (Wildman–Crippen LogP) is 7.06. The molecule has 1 unspecified atom stereocenters. The number of aliphatic carboxylic acids is 1. The summed E-state index contributed by atoms with van der Waals surface area (Å²) < 4.78 is 44.1. The molecule has 5 rings (SSSR count). The molecule has 0 aliphatic heterocycles. The number of rotatable bonds is 7. The second-order valence-electron chi connectivity index (χ2n) is 10.2. The van der Waals surface area contributed by atoms with E-state index in [4.69, 9.17) is 23.2 Å². The zero-order chi connectivity index (χ0) is 31.9. The summed E-state index contributed by atoms with van der Waals surface area (Å²) >= 11 is 12.9. The Hall–Kier alpha value is -4.54. The Balaban J connectivity index is 1.47. The van der Waals surface area contributed by atoms with Crippen molar-refractivity contribution in [2.24, 2.45) is 7.05 Å². The van der Waals surface area contributed by atoms with Gasteiger partial charge in [0.2, 0.25) is 0 Å². The van der Waals surface area contributed by atoms with Gasteiger partial charge in [0.15, 0.2) is 0 Å². The van der Waals surface area contributed by atoms with E-state index in [1.165, 1.54) is 38.2 Å². The van der Waals surface area contributed by atoms with Crippen LogP contribution in [0.3, 0.4) is 0 Å². The zero-order valence-electron chi connectivity index (χ0n) is 23.2. The van der Waals surface area contributed by atoms with Crippen molar-refractivity contribution in [2.45, 2.75) is 25.6 Å². The molecule has 2 heterocycles. The van der Waals surface area contributed by atoms with Gasteiger partial charge in [-0.15, -0.1) is 0 Å². The van der Waals surface area contributed by atoms with Crippen LogP contribution in [0.4, 0.5) is 13.2 Å². The number of nitrogens with one attached hydrogen (secondary N) is 1. The van der Waals surface area contributed by atoms with E-state index < -0.39 is 40.8 Å². The van der Waals surface area contributed by atoms with Gasteiger partial charge in [-0.3, -0.25) is 9.59 Å². The maximum absolute atomic E-state index is 13.8. The van der Waals surface area contributed by atoms with Gasteiger partial charge >= 0.3 is 12.1 Å². The average molecular weight is 642 g/mol. The molecule has 2 N–H and O–H groups in total. The second-order valence-corrected chi connectivity index (χ2v) is 11.0. The number of aryl methyl sites for hydroxylation is 1. The average Bonchev–Trinajstić information content (AvgIpc) is 3.35. The summed E-state index contributed by atoms with van der Waals surface area (Å²) in [6, 6.07) is 18.6. The fraction of sp³-hybridized carbons (Fsp3) is 0.156. The Morgan fingerprint density at radius 3 is 2.20 bits per heavy atom. The predicted molar refractivity (Wildman–Crippen MR) is 163 cm³/mol. The van der Waals surface area contributed by atoms with E-state index >= 15 is 0 Å². The van der Waals surface area contributed by atoms with E-state index in [1.807, 2.05) is 0 Å². The summed E-state index contributed by atoms with van der Waals surface area (Å²) in [6.45, 7) is 1.41. The van der Waals surface area contributed by atoms with Crippen LogP contribution in [0, 0.1) is 6.92 Å². The van der Waals surface area contributed by atoms with E-state index in [2.05, 4.69) is 5.32 Å². The minimum Gasteiger partial charge on any atom is -0.480 e. The number of amides is 1. The van der Waals surface area contributed by atoms with Crippen LogP contribution in [0.1, 0.15) is 27.3 Å². The number of carboxylic acid groups (broad SMARTS) is 1. The van der Waals surface area contributed by atoms with Gasteiger partial charge in [-0.2, -0.15) is 13.2 Å². The molecule has 2 aromatic heterocycles. The van der Waals surface area contributed by atoms with Gasteiger partial charge in [0.05, 0.1) is 32.4 Å². The molecule has 1 atom stereocenters. The molecule has 5 aromatic rings. The maximum atomic E-state index is 13.8. The zero-order valence-corrected chi connectivity index (χ0v) is 24.8. The van der Waals surface area contributed by atoms with Gasteiger partial charge in [-0.25, -0.2) is 4.79 Å². The summed E-state index contributed by atoms with van der Waals surface area (Å²) in [4.78, 5) is 38.6. The SMILES string of the molecule is Cc1cc(C(F)(F)F)c(-c2ccc(CC(NC(=O)c3cc4ccccc4n3-c3c(Cl)cccc3Cl)C(=O)O)cc2)c(=O)n1C. The van der Waals surface area contributed by atoms with Gasteiger partial charge in [0.1, 0.15) is 11.7 Å². The van der Waals surface area contributed by atoms with Gasteiger partial charge in [0, 0.05) is 24.5 Å². The first-order valence-corrected chi connectivity index (χ1v) is 14.0. The van der Waals surface area contributed by atoms with Gasteiger partial charge < -0.3 is 19.6 Å². The lowest BCUT2D eigenvalue weighted by atomic mass is 9.97. The Kier molecular flexibility index (Phi) is 8.33. The number of hydrogen-bond donors (Lipinski definition) is 2. The van der Waals surface area contributed by atoms with Crippen LogP contribution < -0.4 is 10.9 Å². The van der Waals surface area contributed by atoms with Crippen LogP contribution in [0.25, 0.3) is 27.7 Å². The molecule has 1 amide bonds. The van der Waals surface area contributed by atoms with Crippen molar-refractivity contribution >= 4 is 46.0 Å². The first kappa shape index (κ1) is 30.9. The third kappa shape index (κ3) is 5.82. The van der Waals surface area contributed by atoms with Crippen LogP contribution in [-0.2, 0) is 24.4 Å². The standard InChI is InChI=1S/C32H24Cl2F3N3O4/c1-17-14-21(32(35,36)37)27(30(42)39(17)2)19-12-10-18(11-13-19)15-24(31(43)44)38-29(41)26-16-20-6-3-4-9-25(20)40(26)28-22(33)7-5-8-23(28)34/h3-14,16,24H,15H2,1-2H3,(H,38,41)(H,43,44). The molecule has 0 saturated heterocycles. The van der Waals surface area contributed by atoms with Crippen LogP contribution in [0.2, 0.25) is 10.0 Å². The van der Waals surface area contributed by atoms with E-state index in [-0.39, 0.29) is 33.4 Å². The minimum absolute atomic E-state index is 0.0266. The number of alkyl halides is 3. The van der Waals surface area contributed by atoms with Gasteiger partial charge in [0.25, 0.3) is 11.5 Å². The number of halogens is 5. The van der Waals surface area contributed by atoms with Crippen molar-refractivity contribution < 1.29 is 27.9 Å². The molecule has 0 radical (unpaired) electrons. The molecule has 0 spiro atoms. The summed E-state index contributed by atoms with van der Waals surface area (Å²) in [7, 11) is 1.38. The van der Waals surface area contributed by atoms with Crippen LogP contribution in [0.5, 0.6) is 0 Å². The monoisotopic (exact) mass is 641 g/mol. The number of carbonyl (C=O) groups excluding carboxylic acids is 1. The molecule has 0 bridgehead atoms. The third-order valence-electron chi connectivity index (χ3n) is 7.37. The number of fused-ring (bicyclic) bond motifs is 1. The van der Waals surface area contributed by atoms with Crippen LogP contribution in [0.15, 0.2) is 83.7 Å². The third-order valence-corrected chi connectivity index (χ3v) is 7.98. The van der Waals surface area contributed by atoms with Gasteiger partial charge in [-0.05, 0) is 48.4 Å². The number of hydrogen-bond acceptors (Lipinski definition) is 3. The lowest BCUT2D eigenvalue weighted by Crippen LogP contribution is -2.42. The molecule has 0 aliphatic carbocycles. The van der Waals surface area contributed by atoms with E-state index in [1.54, 1.807) is 53.1 Å². The molecule has 0 aliphatic rings. The van der Waals surface area contributed by atoms with Crippen molar-refractivity contribution in [2.75, 3.05) is 0 Å². The molecule has 3 aromatic carbocycles. The Labute approximate surface area is 259 Å². The summed E-state index contributed by atoms with van der Waals surface area (Å²) in [5, 5.41) is 13.8. The Morgan fingerprint density at radius 2 is 1.59 bits per heavy atom. The van der Waals surface area contributed by atoms with E-state index in [0.717, 1.165) is 10.6 Å². The lowest BCUT2D eigenvalue weighted by Gasteiger charge is -2.18. The molecular weight excluding hydrogens is 618 g/mol. The van der Waals surface area contributed by atoms with Crippen molar-refractivity contribution in [3.8, 4) is 16.8 Å². The normalized spacial score (nSPS) is 12.3.